The summed E-state index contributed by atoms with van der Waals surface area (Å²) in [6.07, 6.45) is 2.09. The van der Waals surface area contributed by atoms with Crippen LogP contribution in [0.4, 0.5) is 0 Å². The third-order valence-corrected chi connectivity index (χ3v) is 7.77. The molecule has 0 aliphatic carbocycles. The Kier molecular flexibility index (Phi) is 4.89. The summed E-state index contributed by atoms with van der Waals surface area (Å²) in [7, 11) is 0. The van der Waals surface area contributed by atoms with Crippen molar-refractivity contribution < 1.29 is 4.79 Å². The van der Waals surface area contributed by atoms with E-state index in [0.29, 0.717) is 5.92 Å². The van der Waals surface area contributed by atoms with Crippen molar-refractivity contribution in [3.8, 4) is 10.6 Å². The number of rotatable bonds is 3. The second-order valence-electron chi connectivity index (χ2n) is 7.41. The van der Waals surface area contributed by atoms with Crippen LogP contribution in [0.1, 0.15) is 39.1 Å². The van der Waals surface area contributed by atoms with E-state index in [4.69, 9.17) is 4.98 Å². The first kappa shape index (κ1) is 18.5. The predicted molar refractivity (Wildman–Crippen MR) is 120 cm³/mol. The van der Waals surface area contributed by atoms with Crippen molar-refractivity contribution in [2.45, 2.75) is 25.7 Å². The van der Waals surface area contributed by atoms with Crippen LogP contribution in [0, 0.1) is 6.92 Å². The van der Waals surface area contributed by atoms with E-state index < -0.39 is 0 Å². The van der Waals surface area contributed by atoms with Crippen molar-refractivity contribution >= 4 is 38.8 Å². The summed E-state index contributed by atoms with van der Waals surface area (Å²) in [4.78, 5) is 25.5. The van der Waals surface area contributed by atoms with E-state index in [1.165, 1.54) is 16.0 Å². The van der Waals surface area contributed by atoms with Gasteiger partial charge in [0.1, 0.15) is 9.88 Å². The number of likely N-dealkylation sites (tertiary alicyclic amines) is 1. The summed E-state index contributed by atoms with van der Waals surface area (Å²) in [5, 5.41) is 2.06. The van der Waals surface area contributed by atoms with Crippen molar-refractivity contribution in [1.82, 2.24) is 14.9 Å². The van der Waals surface area contributed by atoms with Crippen molar-refractivity contribution in [2.24, 2.45) is 0 Å². The van der Waals surface area contributed by atoms with Gasteiger partial charge in [0, 0.05) is 24.6 Å². The van der Waals surface area contributed by atoms with Gasteiger partial charge < -0.3 is 4.90 Å². The largest absolute Gasteiger partial charge is 0.337 e. The van der Waals surface area contributed by atoms with Crippen LogP contribution < -0.4 is 0 Å². The maximum Gasteiger partial charge on any atom is 0.265 e. The standard InChI is InChI=1S/C23H21N3OS2/c1-15-20(29-21(24-15)16-8-3-2-4-9-16)23(27)26-13-7-10-17(14-26)22-25-18-11-5-6-12-19(18)28-22/h2-6,8-9,11-12,17H,7,10,13-14H2,1H3. The van der Waals surface area contributed by atoms with Crippen molar-refractivity contribution in [1.29, 1.82) is 0 Å². The van der Waals surface area contributed by atoms with E-state index in [1.54, 1.807) is 11.3 Å². The van der Waals surface area contributed by atoms with Gasteiger partial charge in [-0.3, -0.25) is 4.79 Å². The number of hydrogen-bond acceptors (Lipinski definition) is 5. The normalized spacial score (nSPS) is 17.0. The molecule has 0 saturated carbocycles. The molecule has 0 bridgehead atoms. The molecule has 6 heteroatoms. The van der Waals surface area contributed by atoms with Gasteiger partial charge in [-0.2, -0.15) is 0 Å². The monoisotopic (exact) mass is 419 g/mol. The number of fused-ring (bicyclic) bond motifs is 1. The van der Waals surface area contributed by atoms with Gasteiger partial charge in [-0.1, -0.05) is 42.5 Å². The molecule has 1 aliphatic heterocycles. The number of aromatic nitrogens is 2. The summed E-state index contributed by atoms with van der Waals surface area (Å²) >= 11 is 3.26. The first-order chi connectivity index (χ1) is 14.2. The first-order valence-electron chi connectivity index (χ1n) is 9.86. The zero-order valence-electron chi connectivity index (χ0n) is 16.2. The van der Waals surface area contributed by atoms with Gasteiger partial charge in [0.05, 0.1) is 20.9 Å². The molecule has 2 aromatic heterocycles. The number of nitrogens with zero attached hydrogens (tertiary/aromatic N) is 3. The average molecular weight is 420 g/mol. The van der Waals surface area contributed by atoms with Gasteiger partial charge in [0.2, 0.25) is 0 Å². The van der Waals surface area contributed by atoms with Crippen LogP contribution in [0.5, 0.6) is 0 Å². The van der Waals surface area contributed by atoms with Crippen LogP contribution in [-0.2, 0) is 0 Å². The van der Waals surface area contributed by atoms with Crippen LogP contribution in [-0.4, -0.2) is 33.9 Å². The van der Waals surface area contributed by atoms with Crippen LogP contribution in [0.15, 0.2) is 54.6 Å². The number of hydrogen-bond donors (Lipinski definition) is 0. The Hall–Kier alpha value is -2.57. The fourth-order valence-electron chi connectivity index (χ4n) is 3.87. The summed E-state index contributed by atoms with van der Waals surface area (Å²) in [6.45, 7) is 3.47. The highest BCUT2D eigenvalue weighted by molar-refractivity contribution is 7.18. The van der Waals surface area contributed by atoms with Crippen LogP contribution >= 0.6 is 22.7 Å². The molecule has 2 aromatic carbocycles. The topological polar surface area (TPSA) is 46.1 Å². The second-order valence-corrected chi connectivity index (χ2v) is 9.47. The Morgan fingerprint density at radius 2 is 1.83 bits per heavy atom. The highest BCUT2D eigenvalue weighted by Gasteiger charge is 2.29. The highest BCUT2D eigenvalue weighted by atomic mass is 32.1. The number of amides is 1. The van der Waals surface area contributed by atoms with Gasteiger partial charge in [-0.15, -0.1) is 22.7 Å². The Bertz CT molecular complexity index is 1130. The molecule has 1 amide bonds. The summed E-state index contributed by atoms with van der Waals surface area (Å²) < 4.78 is 1.22. The number of aryl methyl sites for hydroxylation is 1. The molecule has 1 unspecified atom stereocenters. The van der Waals surface area contributed by atoms with E-state index in [2.05, 4.69) is 23.2 Å². The van der Waals surface area contributed by atoms with Gasteiger partial charge in [0.15, 0.2) is 0 Å². The summed E-state index contributed by atoms with van der Waals surface area (Å²) in [5.41, 5.74) is 2.94. The minimum Gasteiger partial charge on any atom is -0.337 e. The smallest absolute Gasteiger partial charge is 0.265 e. The molecule has 146 valence electrons. The second kappa shape index (κ2) is 7.69. The van der Waals surface area contributed by atoms with Crippen LogP contribution in [0.25, 0.3) is 20.8 Å². The molecule has 1 atom stereocenters. The van der Waals surface area contributed by atoms with E-state index in [1.807, 2.05) is 48.2 Å². The lowest BCUT2D eigenvalue weighted by atomic mass is 9.98. The van der Waals surface area contributed by atoms with Gasteiger partial charge >= 0.3 is 0 Å². The van der Waals surface area contributed by atoms with E-state index >= 15 is 0 Å². The Morgan fingerprint density at radius 1 is 1.03 bits per heavy atom. The number of piperidine rings is 1. The maximum atomic E-state index is 13.3. The highest BCUT2D eigenvalue weighted by Crippen LogP contribution is 2.35. The summed E-state index contributed by atoms with van der Waals surface area (Å²) in [5.74, 6) is 0.417. The lowest BCUT2D eigenvalue weighted by Gasteiger charge is -2.31. The minimum atomic E-state index is 0.105. The van der Waals surface area contributed by atoms with Crippen molar-refractivity contribution in [3.63, 3.8) is 0 Å². The van der Waals surface area contributed by atoms with E-state index in [9.17, 15) is 4.79 Å². The zero-order chi connectivity index (χ0) is 19.8. The molecular weight excluding hydrogens is 398 g/mol. The molecule has 29 heavy (non-hydrogen) atoms. The fourth-order valence-corrected chi connectivity index (χ4v) is 6.00. The molecule has 3 heterocycles. The molecule has 5 rings (SSSR count). The quantitative estimate of drug-likeness (QED) is 0.425. The molecule has 0 spiro atoms. The number of carbonyl (C=O) groups excluding carboxylic acids is 1. The molecule has 0 radical (unpaired) electrons. The zero-order valence-corrected chi connectivity index (χ0v) is 17.8. The molecule has 4 aromatic rings. The lowest BCUT2D eigenvalue weighted by Crippen LogP contribution is -2.39. The summed E-state index contributed by atoms with van der Waals surface area (Å²) in [6, 6.07) is 18.3. The molecule has 0 N–H and O–H groups in total. The van der Waals surface area contributed by atoms with Crippen molar-refractivity contribution in [2.75, 3.05) is 13.1 Å². The fraction of sp³-hybridized carbons (Fsp3) is 0.261. The van der Waals surface area contributed by atoms with E-state index in [0.717, 1.165) is 57.6 Å². The number of thiazole rings is 2. The molecule has 1 fully saturated rings. The Labute approximate surface area is 177 Å². The lowest BCUT2D eigenvalue weighted by molar-refractivity contribution is 0.0711. The third-order valence-electron chi connectivity index (χ3n) is 5.38. The SMILES string of the molecule is Cc1nc(-c2ccccc2)sc1C(=O)N1CCCC(c2nc3ccccc3s2)C1. The third kappa shape index (κ3) is 3.58. The van der Waals surface area contributed by atoms with E-state index in [-0.39, 0.29) is 5.91 Å². The van der Waals surface area contributed by atoms with Gasteiger partial charge in [0.25, 0.3) is 5.91 Å². The Balaban J connectivity index is 1.38. The maximum absolute atomic E-state index is 13.3. The van der Waals surface area contributed by atoms with Crippen molar-refractivity contribution in [3.05, 3.63) is 70.2 Å². The molecular formula is C23H21N3OS2. The number of para-hydroxylation sites is 1. The van der Waals surface area contributed by atoms with Gasteiger partial charge in [-0.05, 0) is 31.9 Å². The number of carbonyl (C=O) groups is 1. The van der Waals surface area contributed by atoms with Gasteiger partial charge in [-0.25, -0.2) is 9.97 Å². The first-order valence-corrected chi connectivity index (χ1v) is 11.5. The minimum absolute atomic E-state index is 0.105. The number of benzene rings is 2. The average Bonchev–Trinajstić information content (AvgIpc) is 3.38. The van der Waals surface area contributed by atoms with Crippen LogP contribution in [0.2, 0.25) is 0 Å². The molecule has 1 aliphatic rings. The van der Waals surface area contributed by atoms with Crippen LogP contribution in [0.3, 0.4) is 0 Å². The molecule has 4 nitrogen and oxygen atoms in total. The predicted octanol–water partition coefficient (Wildman–Crippen LogP) is 5.75. The Morgan fingerprint density at radius 3 is 2.66 bits per heavy atom. The molecule has 1 saturated heterocycles.